The van der Waals surface area contributed by atoms with Crippen LogP contribution in [0.4, 0.5) is 0 Å². The Bertz CT molecular complexity index is 3410. The summed E-state index contributed by atoms with van der Waals surface area (Å²) in [5.41, 5.74) is 11.1. The molecule has 0 radical (unpaired) electrons. The van der Waals surface area contributed by atoms with E-state index in [-0.39, 0.29) is 0 Å². The van der Waals surface area contributed by atoms with Gasteiger partial charge in [0, 0.05) is 32.5 Å². The Morgan fingerprint density at radius 3 is 1.64 bits per heavy atom. The summed E-state index contributed by atoms with van der Waals surface area (Å²) in [6, 6.07) is 58.4. The van der Waals surface area contributed by atoms with Gasteiger partial charge < -0.3 is 13.3 Å². The molecular weight excluding hydrogens is 649 g/mol. The average Bonchev–Trinajstić information content (AvgIpc) is 3.92. The SMILES string of the molecule is c1ccc2cc(-c3coc4c3ccc3c5ccc(-c6c7ccccc7c(-c7ccc8oc9ccccc9c8c7)c7ccccc67)cc5oc34)ccc2c1. The summed E-state index contributed by atoms with van der Waals surface area (Å²) in [5.74, 6) is 0. The summed E-state index contributed by atoms with van der Waals surface area (Å²) in [6.45, 7) is 0. The van der Waals surface area contributed by atoms with Crippen LogP contribution in [0.2, 0.25) is 0 Å². The van der Waals surface area contributed by atoms with Gasteiger partial charge in [0.2, 0.25) is 0 Å². The topological polar surface area (TPSA) is 39.4 Å². The molecule has 12 aromatic rings. The zero-order chi connectivity index (χ0) is 34.6. The van der Waals surface area contributed by atoms with Crippen molar-refractivity contribution in [3.63, 3.8) is 0 Å². The zero-order valence-corrected chi connectivity index (χ0v) is 28.4. The van der Waals surface area contributed by atoms with Crippen LogP contribution in [-0.2, 0) is 0 Å². The van der Waals surface area contributed by atoms with Crippen LogP contribution in [0.25, 0.3) is 121 Å². The van der Waals surface area contributed by atoms with Crippen LogP contribution in [0, 0.1) is 0 Å². The highest BCUT2D eigenvalue weighted by Gasteiger charge is 2.20. The Morgan fingerprint density at radius 1 is 0.302 bits per heavy atom. The minimum absolute atomic E-state index is 0.769. The lowest BCUT2D eigenvalue weighted by Crippen LogP contribution is -1.90. The van der Waals surface area contributed by atoms with Crippen LogP contribution in [0.3, 0.4) is 0 Å². The van der Waals surface area contributed by atoms with Gasteiger partial charge in [0.25, 0.3) is 0 Å². The molecule has 0 saturated heterocycles. The Hall–Kier alpha value is -7.10. The number of benzene rings is 9. The summed E-state index contributed by atoms with van der Waals surface area (Å²) >= 11 is 0. The molecule has 246 valence electrons. The van der Waals surface area contributed by atoms with Crippen molar-refractivity contribution in [3.8, 4) is 33.4 Å². The Kier molecular flexibility index (Phi) is 5.77. The van der Waals surface area contributed by atoms with E-state index in [0.29, 0.717) is 0 Å². The molecule has 3 heterocycles. The number of fused-ring (bicyclic) bond motifs is 11. The number of furan rings is 3. The van der Waals surface area contributed by atoms with Crippen LogP contribution in [-0.4, -0.2) is 0 Å². The Labute approximate surface area is 302 Å². The van der Waals surface area contributed by atoms with Crippen molar-refractivity contribution in [1.29, 1.82) is 0 Å². The van der Waals surface area contributed by atoms with E-state index in [2.05, 4.69) is 152 Å². The fourth-order valence-electron chi connectivity index (χ4n) is 8.69. The predicted molar refractivity (Wildman–Crippen MR) is 220 cm³/mol. The molecule has 53 heavy (non-hydrogen) atoms. The molecule has 0 aliphatic carbocycles. The quantitative estimate of drug-likeness (QED) is 0.175. The van der Waals surface area contributed by atoms with Crippen LogP contribution < -0.4 is 0 Å². The van der Waals surface area contributed by atoms with Crippen molar-refractivity contribution in [2.45, 2.75) is 0 Å². The van der Waals surface area contributed by atoms with Gasteiger partial charge in [0.05, 0.1) is 6.26 Å². The Morgan fingerprint density at radius 2 is 0.868 bits per heavy atom. The number of para-hydroxylation sites is 1. The lowest BCUT2D eigenvalue weighted by Gasteiger charge is -2.17. The minimum atomic E-state index is 0.769. The maximum Gasteiger partial charge on any atom is 0.178 e. The van der Waals surface area contributed by atoms with Crippen molar-refractivity contribution < 1.29 is 13.3 Å². The highest BCUT2D eigenvalue weighted by molar-refractivity contribution is 6.23. The molecule has 3 heteroatoms. The highest BCUT2D eigenvalue weighted by atomic mass is 16.4. The van der Waals surface area contributed by atoms with Gasteiger partial charge in [-0.2, -0.15) is 0 Å². The van der Waals surface area contributed by atoms with Crippen LogP contribution >= 0.6 is 0 Å². The van der Waals surface area contributed by atoms with Crippen molar-refractivity contribution in [1.82, 2.24) is 0 Å². The summed E-state index contributed by atoms with van der Waals surface area (Å²) in [7, 11) is 0. The van der Waals surface area contributed by atoms with Gasteiger partial charge in [-0.3, -0.25) is 0 Å². The van der Waals surface area contributed by atoms with E-state index in [9.17, 15) is 0 Å². The van der Waals surface area contributed by atoms with E-state index in [1.807, 2.05) is 18.4 Å². The second-order valence-corrected chi connectivity index (χ2v) is 14.0. The second kappa shape index (κ2) is 10.7. The maximum absolute atomic E-state index is 6.73. The molecule has 0 saturated carbocycles. The third-order valence-electron chi connectivity index (χ3n) is 11.1. The number of rotatable bonds is 3. The smallest absolute Gasteiger partial charge is 0.178 e. The van der Waals surface area contributed by atoms with E-state index in [4.69, 9.17) is 13.3 Å². The largest absolute Gasteiger partial charge is 0.460 e. The standard InChI is InChI=1S/C50H28O3/c1-2-10-30-25-31(18-17-29(30)9-1)43-28-51-49-41(43)23-22-40-35-21-19-33(27-46(35)53-50(40)49)48-38-14-5-3-12-36(38)47(37-13-4-6-15-39(37)48)32-20-24-45-42(26-32)34-11-7-8-16-44(34)52-45/h1-28H. The van der Waals surface area contributed by atoms with Gasteiger partial charge >= 0.3 is 0 Å². The van der Waals surface area contributed by atoms with E-state index in [0.717, 1.165) is 71.5 Å². The first-order valence-electron chi connectivity index (χ1n) is 18.0. The normalized spacial score (nSPS) is 12.2. The van der Waals surface area contributed by atoms with Gasteiger partial charge in [-0.1, -0.05) is 115 Å². The summed E-state index contributed by atoms with van der Waals surface area (Å²) in [5, 5.41) is 12.6. The molecule has 0 bridgehead atoms. The molecule has 3 aromatic heterocycles. The zero-order valence-electron chi connectivity index (χ0n) is 28.4. The molecule has 0 aliphatic heterocycles. The first-order chi connectivity index (χ1) is 26.3. The van der Waals surface area contributed by atoms with Crippen LogP contribution in [0.15, 0.2) is 183 Å². The van der Waals surface area contributed by atoms with E-state index < -0.39 is 0 Å². The molecule has 3 nitrogen and oxygen atoms in total. The molecule has 9 aromatic carbocycles. The molecule has 0 unspecified atom stereocenters. The summed E-state index contributed by atoms with van der Waals surface area (Å²) in [6.07, 6.45) is 1.86. The highest BCUT2D eigenvalue weighted by Crippen LogP contribution is 2.46. The minimum Gasteiger partial charge on any atom is -0.460 e. The van der Waals surface area contributed by atoms with Crippen molar-refractivity contribution in [2.24, 2.45) is 0 Å². The molecule has 0 amide bonds. The first kappa shape index (κ1) is 28.6. The van der Waals surface area contributed by atoms with Crippen molar-refractivity contribution >= 4 is 87.2 Å². The predicted octanol–water partition coefficient (Wildman–Crippen LogP) is 14.7. The van der Waals surface area contributed by atoms with Gasteiger partial charge in [-0.15, -0.1) is 0 Å². The summed E-state index contributed by atoms with van der Waals surface area (Å²) in [4.78, 5) is 0. The van der Waals surface area contributed by atoms with Gasteiger partial charge in [0.15, 0.2) is 11.2 Å². The molecule has 0 atom stereocenters. The van der Waals surface area contributed by atoms with Crippen molar-refractivity contribution in [2.75, 3.05) is 0 Å². The fraction of sp³-hybridized carbons (Fsp3) is 0. The lowest BCUT2D eigenvalue weighted by atomic mass is 9.85. The number of hydrogen-bond donors (Lipinski definition) is 0. The van der Waals surface area contributed by atoms with Crippen LogP contribution in [0.5, 0.6) is 0 Å². The third kappa shape index (κ3) is 4.10. The molecule has 12 rings (SSSR count). The van der Waals surface area contributed by atoms with Gasteiger partial charge in [-0.25, -0.2) is 0 Å². The lowest BCUT2D eigenvalue weighted by molar-refractivity contribution is 0.600. The number of hydrogen-bond acceptors (Lipinski definition) is 3. The van der Waals surface area contributed by atoms with E-state index >= 15 is 0 Å². The summed E-state index contributed by atoms with van der Waals surface area (Å²) < 4.78 is 19.2. The monoisotopic (exact) mass is 676 g/mol. The molecular formula is C50H28O3. The molecule has 0 N–H and O–H groups in total. The Balaban J connectivity index is 1.05. The average molecular weight is 677 g/mol. The maximum atomic E-state index is 6.73. The van der Waals surface area contributed by atoms with E-state index in [1.165, 1.54) is 49.0 Å². The fourth-order valence-corrected chi connectivity index (χ4v) is 8.69. The first-order valence-corrected chi connectivity index (χ1v) is 18.0. The molecule has 0 fully saturated rings. The second-order valence-electron chi connectivity index (χ2n) is 14.0. The molecule has 0 spiro atoms. The van der Waals surface area contributed by atoms with E-state index in [1.54, 1.807) is 0 Å². The van der Waals surface area contributed by atoms with Gasteiger partial charge in [-0.05, 0) is 109 Å². The van der Waals surface area contributed by atoms with Crippen LogP contribution in [0.1, 0.15) is 0 Å². The van der Waals surface area contributed by atoms with Crippen molar-refractivity contribution in [3.05, 3.63) is 170 Å². The van der Waals surface area contributed by atoms with Gasteiger partial charge in [0.1, 0.15) is 16.7 Å². The molecule has 0 aliphatic rings. The third-order valence-corrected chi connectivity index (χ3v) is 11.1.